The van der Waals surface area contributed by atoms with Crippen molar-refractivity contribution in [3.05, 3.63) is 48.3 Å². The summed E-state index contributed by atoms with van der Waals surface area (Å²) >= 11 is 0. The Hall–Kier alpha value is -3.97. The molecule has 17 heteroatoms. The molecule has 0 radical (unpaired) electrons. The summed E-state index contributed by atoms with van der Waals surface area (Å²) in [6, 6.07) is 7.07. The average molecular weight is 705 g/mol. The number of nitrogens with one attached hydrogen (secondary N) is 1. The molecular formula is C32H42FN6O9P. The normalized spacial score (nSPS) is 20.9. The first-order valence-electron chi connectivity index (χ1n) is 16.1. The third-order valence-corrected chi connectivity index (χ3v) is 9.56. The van der Waals surface area contributed by atoms with Gasteiger partial charge in [-0.05, 0) is 18.4 Å². The fraction of sp³-hybridized carbons (Fsp3) is 0.531. The van der Waals surface area contributed by atoms with Crippen LogP contribution in [0.5, 0.6) is 0 Å². The Morgan fingerprint density at radius 2 is 1.92 bits per heavy atom. The van der Waals surface area contributed by atoms with Gasteiger partial charge in [-0.2, -0.15) is 14.4 Å². The second-order valence-corrected chi connectivity index (χ2v) is 13.4. The van der Waals surface area contributed by atoms with Crippen molar-refractivity contribution < 1.29 is 47.3 Å². The largest absolute Gasteiger partial charge is 0.480 e. The second-order valence-electron chi connectivity index (χ2n) is 11.7. The Balaban J connectivity index is 1.46. The standard InChI is InChI=1S/C32H42FN6O9P/c1-3-5-6-7-8-9-13-16-45-26(41)19-46-49(44,38-23(30(42)43)17-22-14-11-10-12-15-22)47-20-32(4-2)24(40)18-25(48-32)39-21-35-27-28(34)36-31(33)37-29(27)39/h2,10-12,14-15,21,23-25,40H,3,5-9,13,16-20H2,1H3,(H,38,44)(H,42,43)(H2,34,36,37)/t23-,24-,25+,32+,49?/m0/s1. The Bertz CT molecular complexity index is 1650. The number of benzene rings is 1. The number of hydrogen-bond acceptors (Lipinski definition) is 12. The lowest BCUT2D eigenvalue weighted by atomic mass is 9.99. The monoisotopic (exact) mass is 704 g/mol. The van der Waals surface area contributed by atoms with E-state index in [1.165, 1.54) is 17.3 Å². The molecule has 0 spiro atoms. The number of esters is 1. The van der Waals surface area contributed by atoms with E-state index in [4.69, 9.17) is 30.7 Å². The van der Waals surface area contributed by atoms with Crippen LogP contribution in [-0.2, 0) is 39.1 Å². The molecule has 3 aromatic rings. The highest BCUT2D eigenvalue weighted by Crippen LogP contribution is 2.48. The molecule has 1 aliphatic heterocycles. The molecule has 3 heterocycles. The molecule has 49 heavy (non-hydrogen) atoms. The lowest BCUT2D eigenvalue weighted by molar-refractivity contribution is -0.146. The smallest absolute Gasteiger partial charge is 0.406 e. The van der Waals surface area contributed by atoms with Crippen LogP contribution in [0.3, 0.4) is 0 Å². The molecule has 1 fully saturated rings. The summed E-state index contributed by atoms with van der Waals surface area (Å²) in [5.74, 6) is -0.0943. The number of imidazole rings is 1. The molecule has 0 bridgehead atoms. The molecule has 0 saturated carbocycles. The number of ether oxygens (including phenoxy) is 2. The van der Waals surface area contributed by atoms with Gasteiger partial charge in [0.2, 0.25) is 0 Å². The number of nitrogens with zero attached hydrogens (tertiary/aromatic N) is 4. The zero-order valence-corrected chi connectivity index (χ0v) is 28.1. The van der Waals surface area contributed by atoms with Gasteiger partial charge in [0, 0.05) is 6.42 Å². The summed E-state index contributed by atoms with van der Waals surface area (Å²) in [7, 11) is -4.67. The predicted molar refractivity (Wildman–Crippen MR) is 175 cm³/mol. The number of carbonyl (C=O) groups is 2. The molecule has 5 N–H and O–H groups in total. The predicted octanol–water partition coefficient (Wildman–Crippen LogP) is 3.92. The van der Waals surface area contributed by atoms with Crippen molar-refractivity contribution in [3.63, 3.8) is 0 Å². The van der Waals surface area contributed by atoms with E-state index in [9.17, 15) is 28.8 Å². The van der Waals surface area contributed by atoms with E-state index in [1.807, 2.05) is 0 Å². The summed E-state index contributed by atoms with van der Waals surface area (Å²) in [5, 5.41) is 23.4. The number of nitrogens with two attached hydrogens (primary N) is 1. The number of carboxylic acid groups (broad SMARTS) is 1. The molecule has 1 aliphatic rings. The SMILES string of the molecule is C#C[C@]1(COP(=O)(N[C@@H](Cc2ccccc2)C(=O)O)OCC(=O)OCCCCCCCCC)O[C@@H](n2cnc3c(N)nc(F)nc32)C[C@@H]1O. The van der Waals surface area contributed by atoms with Crippen LogP contribution in [0.1, 0.15) is 70.1 Å². The van der Waals surface area contributed by atoms with E-state index in [0.29, 0.717) is 12.0 Å². The van der Waals surface area contributed by atoms with Crippen LogP contribution in [0, 0.1) is 18.4 Å². The van der Waals surface area contributed by atoms with Crippen LogP contribution in [0.15, 0.2) is 36.7 Å². The molecule has 2 aromatic heterocycles. The number of nitrogen functional groups attached to an aromatic ring is 1. The number of aliphatic hydroxyl groups excluding tert-OH is 1. The van der Waals surface area contributed by atoms with Gasteiger partial charge in [-0.1, -0.05) is 81.7 Å². The van der Waals surface area contributed by atoms with E-state index in [1.54, 1.807) is 30.3 Å². The van der Waals surface area contributed by atoms with Gasteiger partial charge in [-0.15, -0.1) is 6.42 Å². The highest BCUT2D eigenvalue weighted by atomic mass is 31.2. The first-order valence-corrected chi connectivity index (χ1v) is 17.6. The van der Waals surface area contributed by atoms with Crippen molar-refractivity contribution in [2.75, 3.05) is 25.6 Å². The van der Waals surface area contributed by atoms with E-state index < -0.39 is 63.0 Å². The number of carbonyl (C=O) groups excluding carboxylic acids is 1. The van der Waals surface area contributed by atoms with Crippen molar-refractivity contribution in [3.8, 4) is 12.3 Å². The molecule has 4 rings (SSSR count). The van der Waals surface area contributed by atoms with Crippen LogP contribution >= 0.6 is 7.75 Å². The van der Waals surface area contributed by atoms with Crippen LogP contribution in [0.2, 0.25) is 0 Å². The minimum atomic E-state index is -4.67. The molecule has 15 nitrogen and oxygen atoms in total. The maximum Gasteiger partial charge on any atom is 0.406 e. The topological polar surface area (TPSA) is 210 Å². The van der Waals surface area contributed by atoms with Gasteiger partial charge in [0.15, 0.2) is 29.2 Å². The summed E-state index contributed by atoms with van der Waals surface area (Å²) in [6.45, 7) is 0.670. The second kappa shape index (κ2) is 17.6. The Morgan fingerprint density at radius 1 is 1.20 bits per heavy atom. The summed E-state index contributed by atoms with van der Waals surface area (Å²) < 4.78 is 51.6. The quantitative estimate of drug-likeness (QED) is 0.0432. The summed E-state index contributed by atoms with van der Waals surface area (Å²) in [6.07, 6.45) is 10.3. The number of fused-ring (bicyclic) bond motifs is 1. The third kappa shape index (κ3) is 10.3. The lowest BCUT2D eigenvalue weighted by Gasteiger charge is -2.29. The van der Waals surface area contributed by atoms with Gasteiger partial charge >= 0.3 is 25.8 Å². The van der Waals surface area contributed by atoms with Crippen LogP contribution in [0.25, 0.3) is 11.2 Å². The van der Waals surface area contributed by atoms with Crippen LogP contribution < -0.4 is 10.8 Å². The molecule has 1 saturated heterocycles. The zero-order chi connectivity index (χ0) is 35.4. The first kappa shape index (κ1) is 37.8. The van der Waals surface area contributed by atoms with Crippen molar-refractivity contribution in [1.82, 2.24) is 24.6 Å². The molecule has 0 amide bonds. The summed E-state index contributed by atoms with van der Waals surface area (Å²) in [4.78, 5) is 36.0. The fourth-order valence-corrected chi connectivity index (χ4v) is 6.73. The van der Waals surface area contributed by atoms with Crippen molar-refractivity contribution >= 4 is 36.7 Å². The number of aliphatic hydroxyl groups is 1. The number of unbranched alkanes of at least 4 members (excludes halogenated alkanes) is 6. The van der Waals surface area contributed by atoms with E-state index in [2.05, 4.69) is 32.9 Å². The van der Waals surface area contributed by atoms with E-state index >= 15 is 0 Å². The molecular weight excluding hydrogens is 662 g/mol. The first-order chi connectivity index (χ1) is 23.5. The fourth-order valence-electron chi connectivity index (χ4n) is 5.29. The average Bonchev–Trinajstić information content (AvgIpc) is 3.65. The number of halogens is 1. The minimum Gasteiger partial charge on any atom is -0.480 e. The molecule has 0 aliphatic carbocycles. The third-order valence-electron chi connectivity index (χ3n) is 7.99. The number of rotatable bonds is 20. The minimum absolute atomic E-state index is 0.0215. The Kier molecular flexibility index (Phi) is 13.6. The number of anilines is 1. The molecule has 1 unspecified atom stereocenters. The molecule has 266 valence electrons. The van der Waals surface area contributed by atoms with Gasteiger partial charge < -0.3 is 25.4 Å². The molecule has 1 aromatic carbocycles. The van der Waals surface area contributed by atoms with Gasteiger partial charge in [0.1, 0.15) is 25.0 Å². The number of aromatic nitrogens is 4. The maximum absolute atomic E-state index is 14.1. The Morgan fingerprint density at radius 3 is 2.61 bits per heavy atom. The number of terminal acetylenes is 1. The zero-order valence-electron chi connectivity index (χ0n) is 27.2. The van der Waals surface area contributed by atoms with Crippen molar-refractivity contribution in [2.45, 2.75) is 88.7 Å². The van der Waals surface area contributed by atoms with Crippen molar-refractivity contribution in [2.24, 2.45) is 0 Å². The number of aliphatic carboxylic acids is 1. The van der Waals surface area contributed by atoms with Gasteiger partial charge in [-0.3, -0.25) is 18.4 Å². The highest BCUT2D eigenvalue weighted by molar-refractivity contribution is 7.51. The molecule has 5 atom stereocenters. The van der Waals surface area contributed by atoms with Gasteiger partial charge in [0.05, 0.1) is 12.9 Å². The Labute approximate surface area is 283 Å². The van der Waals surface area contributed by atoms with Crippen LogP contribution in [0.4, 0.5) is 10.2 Å². The number of hydrogen-bond donors (Lipinski definition) is 4. The van der Waals surface area contributed by atoms with Gasteiger partial charge in [0.25, 0.3) is 0 Å². The van der Waals surface area contributed by atoms with E-state index in [-0.39, 0.29) is 36.4 Å². The lowest BCUT2D eigenvalue weighted by Crippen LogP contribution is -2.44. The maximum atomic E-state index is 14.1. The van der Waals surface area contributed by atoms with Crippen molar-refractivity contribution in [1.29, 1.82) is 0 Å². The van der Waals surface area contributed by atoms with Crippen LogP contribution in [-0.4, -0.2) is 79.2 Å². The van der Waals surface area contributed by atoms with Gasteiger partial charge in [-0.25, -0.2) is 19.4 Å². The van der Waals surface area contributed by atoms with E-state index in [0.717, 1.165) is 32.1 Å². The highest BCUT2D eigenvalue weighted by Gasteiger charge is 2.50. The summed E-state index contributed by atoms with van der Waals surface area (Å²) in [5.41, 5.74) is 4.48. The number of carboxylic acids is 1.